The molecule has 1 unspecified atom stereocenters. The monoisotopic (exact) mass is 257 g/mol. The van der Waals surface area contributed by atoms with Gasteiger partial charge in [-0.2, -0.15) is 0 Å². The number of nitrogens with zero attached hydrogens (tertiary/aromatic N) is 1. The van der Waals surface area contributed by atoms with Gasteiger partial charge in [0.25, 0.3) is 0 Å². The van der Waals surface area contributed by atoms with Gasteiger partial charge in [-0.25, -0.2) is 14.6 Å². The molecule has 0 bridgehead atoms. The Kier molecular flexibility index (Phi) is 4.89. The number of aromatic carboxylic acids is 1. The summed E-state index contributed by atoms with van der Waals surface area (Å²) in [5.41, 5.74) is 0.00705. The van der Waals surface area contributed by atoms with E-state index in [0.29, 0.717) is 11.6 Å². The largest absolute Gasteiger partial charge is 0.476 e. The van der Waals surface area contributed by atoms with E-state index in [4.69, 9.17) is 5.11 Å². The lowest BCUT2D eigenvalue weighted by Crippen LogP contribution is -2.37. The van der Waals surface area contributed by atoms with Crippen molar-refractivity contribution < 1.29 is 14.7 Å². The summed E-state index contributed by atoms with van der Waals surface area (Å²) in [6.45, 7) is 4.33. The number of nitrogens with one attached hydrogen (secondary N) is 2. The normalized spacial score (nSPS) is 11.9. The second kappa shape index (κ2) is 6.19. The van der Waals surface area contributed by atoms with Crippen LogP contribution in [-0.4, -0.2) is 28.6 Å². The van der Waals surface area contributed by atoms with E-state index in [2.05, 4.69) is 15.6 Å². The highest BCUT2D eigenvalue weighted by atomic mass is 32.1. The number of hydrogen-bond acceptors (Lipinski definition) is 4. The van der Waals surface area contributed by atoms with Gasteiger partial charge in [0.1, 0.15) is 5.01 Å². The van der Waals surface area contributed by atoms with E-state index in [9.17, 15) is 9.59 Å². The van der Waals surface area contributed by atoms with Gasteiger partial charge in [0.05, 0.1) is 6.04 Å². The Morgan fingerprint density at radius 2 is 2.29 bits per heavy atom. The molecule has 0 aromatic carbocycles. The summed E-state index contributed by atoms with van der Waals surface area (Å²) in [5, 5.41) is 16.1. The van der Waals surface area contributed by atoms with Gasteiger partial charge in [-0.3, -0.25) is 0 Å². The summed E-state index contributed by atoms with van der Waals surface area (Å²) in [4.78, 5) is 25.9. The van der Waals surface area contributed by atoms with Crippen LogP contribution in [0, 0.1) is 0 Å². The van der Waals surface area contributed by atoms with Gasteiger partial charge < -0.3 is 15.7 Å². The first-order valence-corrected chi connectivity index (χ1v) is 6.15. The van der Waals surface area contributed by atoms with Crippen LogP contribution in [0.5, 0.6) is 0 Å². The molecule has 0 fully saturated rings. The van der Waals surface area contributed by atoms with Crippen LogP contribution in [0.4, 0.5) is 4.79 Å². The molecule has 1 aromatic heterocycles. The maximum absolute atomic E-state index is 11.4. The lowest BCUT2D eigenvalue weighted by atomic mass is 10.3. The number of carboxylic acids is 1. The molecule has 94 valence electrons. The topological polar surface area (TPSA) is 91.3 Å². The summed E-state index contributed by atoms with van der Waals surface area (Å²) in [6, 6.07) is -0.573. The van der Waals surface area contributed by atoms with E-state index in [1.807, 2.05) is 6.92 Å². The average molecular weight is 257 g/mol. The SMILES string of the molecule is CCCNC(=O)NC(C)c1nc(C(=O)O)cs1. The van der Waals surface area contributed by atoms with Gasteiger partial charge in [-0.05, 0) is 13.3 Å². The Balaban J connectivity index is 2.54. The predicted octanol–water partition coefficient (Wildman–Crippen LogP) is 1.61. The fraction of sp³-hybridized carbons (Fsp3) is 0.500. The maximum Gasteiger partial charge on any atom is 0.355 e. The van der Waals surface area contributed by atoms with Gasteiger partial charge in [-0.1, -0.05) is 6.92 Å². The lowest BCUT2D eigenvalue weighted by Gasteiger charge is -2.11. The maximum atomic E-state index is 11.4. The number of hydrogen-bond donors (Lipinski definition) is 3. The number of thiazole rings is 1. The zero-order valence-electron chi connectivity index (χ0n) is 9.69. The average Bonchev–Trinajstić information content (AvgIpc) is 2.75. The molecule has 3 N–H and O–H groups in total. The predicted molar refractivity (Wildman–Crippen MR) is 64.3 cm³/mol. The molecular weight excluding hydrogens is 242 g/mol. The molecule has 2 amide bonds. The highest BCUT2D eigenvalue weighted by Crippen LogP contribution is 2.17. The summed E-state index contributed by atoms with van der Waals surface area (Å²) >= 11 is 1.22. The second-order valence-electron chi connectivity index (χ2n) is 3.50. The Morgan fingerprint density at radius 3 is 2.82 bits per heavy atom. The summed E-state index contributed by atoms with van der Waals surface area (Å²) in [5.74, 6) is -1.06. The van der Waals surface area contributed by atoms with Crippen molar-refractivity contribution in [1.82, 2.24) is 15.6 Å². The zero-order chi connectivity index (χ0) is 12.8. The van der Waals surface area contributed by atoms with Crippen molar-refractivity contribution in [3.8, 4) is 0 Å². The van der Waals surface area contributed by atoms with Crippen molar-refractivity contribution >= 4 is 23.3 Å². The highest BCUT2D eigenvalue weighted by Gasteiger charge is 2.15. The molecule has 0 aliphatic rings. The molecule has 1 atom stereocenters. The van der Waals surface area contributed by atoms with Crippen molar-refractivity contribution in [1.29, 1.82) is 0 Å². The minimum absolute atomic E-state index is 0.00705. The van der Waals surface area contributed by atoms with Crippen molar-refractivity contribution in [2.24, 2.45) is 0 Å². The number of carbonyl (C=O) groups is 2. The van der Waals surface area contributed by atoms with Crippen LogP contribution >= 0.6 is 11.3 Å². The standard InChI is InChI=1S/C10H15N3O3S/c1-3-4-11-10(16)12-6(2)8-13-7(5-17-8)9(14)15/h5-6H,3-4H2,1-2H3,(H,14,15)(H2,11,12,16). The van der Waals surface area contributed by atoms with Crippen LogP contribution in [0.2, 0.25) is 0 Å². The van der Waals surface area contributed by atoms with Gasteiger partial charge in [0, 0.05) is 11.9 Å². The highest BCUT2D eigenvalue weighted by molar-refractivity contribution is 7.09. The molecule has 6 nitrogen and oxygen atoms in total. The van der Waals surface area contributed by atoms with Crippen molar-refractivity contribution in [3.05, 3.63) is 16.1 Å². The van der Waals surface area contributed by atoms with E-state index in [1.165, 1.54) is 16.7 Å². The first kappa shape index (κ1) is 13.4. The Labute approximate surface area is 103 Å². The summed E-state index contributed by atoms with van der Waals surface area (Å²) < 4.78 is 0. The van der Waals surface area contributed by atoms with E-state index in [1.54, 1.807) is 6.92 Å². The van der Waals surface area contributed by atoms with Gasteiger partial charge in [0.2, 0.25) is 0 Å². The molecule has 0 saturated carbocycles. The van der Waals surface area contributed by atoms with Crippen LogP contribution in [0.25, 0.3) is 0 Å². The molecule has 17 heavy (non-hydrogen) atoms. The van der Waals surface area contributed by atoms with Gasteiger partial charge >= 0.3 is 12.0 Å². The Bertz CT molecular complexity index is 405. The summed E-state index contributed by atoms with van der Waals surface area (Å²) in [6.07, 6.45) is 0.863. The first-order valence-electron chi connectivity index (χ1n) is 5.27. The van der Waals surface area contributed by atoms with Crippen LogP contribution in [0.15, 0.2) is 5.38 Å². The van der Waals surface area contributed by atoms with Crippen molar-refractivity contribution in [2.45, 2.75) is 26.3 Å². The molecule has 1 aromatic rings. The molecular formula is C10H15N3O3S. The molecule has 0 saturated heterocycles. The van der Waals surface area contributed by atoms with E-state index in [-0.39, 0.29) is 17.8 Å². The van der Waals surface area contributed by atoms with E-state index >= 15 is 0 Å². The third-order valence-corrected chi connectivity index (χ3v) is 3.02. The Hall–Kier alpha value is -1.63. The van der Waals surface area contributed by atoms with Crippen molar-refractivity contribution in [2.75, 3.05) is 6.54 Å². The zero-order valence-corrected chi connectivity index (χ0v) is 10.5. The Morgan fingerprint density at radius 1 is 1.59 bits per heavy atom. The van der Waals surface area contributed by atoms with Crippen LogP contribution in [0.3, 0.4) is 0 Å². The molecule has 0 aliphatic heterocycles. The van der Waals surface area contributed by atoms with Crippen LogP contribution in [-0.2, 0) is 0 Å². The third kappa shape index (κ3) is 4.03. The first-order chi connectivity index (χ1) is 8.04. The molecule has 0 aliphatic carbocycles. The van der Waals surface area contributed by atoms with Gasteiger partial charge in [0.15, 0.2) is 5.69 Å². The molecule has 0 spiro atoms. The molecule has 7 heteroatoms. The number of rotatable bonds is 5. The molecule has 1 rings (SSSR count). The number of carboxylic acid groups (broad SMARTS) is 1. The molecule has 0 radical (unpaired) electrons. The van der Waals surface area contributed by atoms with Crippen molar-refractivity contribution in [3.63, 3.8) is 0 Å². The van der Waals surface area contributed by atoms with Crippen LogP contribution in [0.1, 0.15) is 41.8 Å². The minimum atomic E-state index is -1.06. The third-order valence-electron chi connectivity index (χ3n) is 1.99. The number of urea groups is 1. The lowest BCUT2D eigenvalue weighted by molar-refractivity contribution is 0.0691. The number of amides is 2. The number of aromatic nitrogens is 1. The quantitative estimate of drug-likeness (QED) is 0.747. The molecule has 1 heterocycles. The fourth-order valence-corrected chi connectivity index (χ4v) is 1.93. The number of carbonyl (C=O) groups excluding carboxylic acids is 1. The van der Waals surface area contributed by atoms with E-state index in [0.717, 1.165) is 6.42 Å². The second-order valence-corrected chi connectivity index (χ2v) is 4.39. The van der Waals surface area contributed by atoms with Crippen LogP contribution < -0.4 is 10.6 Å². The fourth-order valence-electron chi connectivity index (χ4n) is 1.13. The van der Waals surface area contributed by atoms with E-state index < -0.39 is 5.97 Å². The minimum Gasteiger partial charge on any atom is -0.476 e. The van der Waals surface area contributed by atoms with Gasteiger partial charge in [-0.15, -0.1) is 11.3 Å². The summed E-state index contributed by atoms with van der Waals surface area (Å²) in [7, 11) is 0. The smallest absolute Gasteiger partial charge is 0.355 e.